The fourth-order valence-electron chi connectivity index (χ4n) is 3.07. The van der Waals surface area contributed by atoms with Gasteiger partial charge in [-0.3, -0.25) is 19.8 Å². The number of halogens is 1. The number of anilines is 1. The van der Waals surface area contributed by atoms with Crippen molar-refractivity contribution >= 4 is 56.8 Å². The predicted molar refractivity (Wildman–Crippen MR) is 129 cm³/mol. The summed E-state index contributed by atoms with van der Waals surface area (Å²) in [6, 6.07) is 10.4. The number of thiazole rings is 1. The minimum Gasteiger partial charge on any atom is -0.308 e. The van der Waals surface area contributed by atoms with Gasteiger partial charge in [-0.25, -0.2) is 4.98 Å². The van der Waals surface area contributed by atoms with Crippen molar-refractivity contribution in [3.63, 3.8) is 0 Å². The first-order chi connectivity index (χ1) is 14.2. The topological polar surface area (TPSA) is 79.6 Å². The summed E-state index contributed by atoms with van der Waals surface area (Å²) in [4.78, 5) is 31.9. The average molecular weight is 461 g/mol. The zero-order valence-electron chi connectivity index (χ0n) is 17.9. The molecule has 0 aliphatic rings. The number of hydrogen-bond donors (Lipinski definition) is 0. The van der Waals surface area contributed by atoms with Gasteiger partial charge in [-0.2, -0.15) is 0 Å². The SMILES string of the molecule is Cc1cc(C)c2nc(N(CCN(C)C)C(=O)C=Cc3cccc([N+](=O)[O-])c3)sc2c1.Cl. The molecule has 164 valence electrons. The first-order valence-electron chi connectivity index (χ1n) is 9.51. The number of rotatable bonds is 7. The number of nitro groups is 1. The van der Waals surface area contributed by atoms with E-state index < -0.39 is 4.92 Å². The second kappa shape index (κ2) is 10.5. The first kappa shape index (κ1) is 24.5. The summed E-state index contributed by atoms with van der Waals surface area (Å²) in [5.74, 6) is -0.211. The second-order valence-corrected chi connectivity index (χ2v) is 8.41. The fraction of sp³-hybridized carbons (Fsp3) is 0.273. The third-order valence-electron chi connectivity index (χ3n) is 4.59. The van der Waals surface area contributed by atoms with E-state index in [4.69, 9.17) is 4.98 Å². The standard InChI is InChI=1S/C22H24N4O3S.ClH/c1-15-12-16(2)21-19(13-15)30-22(23-21)25(11-10-24(3)4)20(27)9-8-17-6-5-7-18(14-17)26(28)29;/h5-9,12-14H,10-11H2,1-4H3;1H. The Hall–Kier alpha value is -2.81. The Bertz CT molecular complexity index is 1130. The van der Waals surface area contributed by atoms with E-state index in [-0.39, 0.29) is 24.0 Å². The number of hydrogen-bond acceptors (Lipinski definition) is 6. The Morgan fingerprint density at radius 2 is 1.94 bits per heavy atom. The summed E-state index contributed by atoms with van der Waals surface area (Å²) in [6.07, 6.45) is 3.04. The number of fused-ring (bicyclic) bond motifs is 1. The molecule has 0 radical (unpaired) electrons. The molecular weight excluding hydrogens is 436 g/mol. The summed E-state index contributed by atoms with van der Waals surface area (Å²) in [5.41, 5.74) is 3.74. The van der Waals surface area contributed by atoms with Crippen molar-refractivity contribution in [2.75, 3.05) is 32.1 Å². The molecule has 31 heavy (non-hydrogen) atoms. The van der Waals surface area contributed by atoms with Crippen LogP contribution in [0.5, 0.6) is 0 Å². The molecule has 0 spiro atoms. The Kier molecular flexibility index (Phi) is 8.27. The maximum absolute atomic E-state index is 13.0. The highest BCUT2D eigenvalue weighted by atomic mass is 35.5. The summed E-state index contributed by atoms with van der Waals surface area (Å²) >= 11 is 1.49. The van der Waals surface area contributed by atoms with E-state index in [1.54, 1.807) is 23.1 Å². The van der Waals surface area contributed by atoms with Crippen LogP contribution >= 0.6 is 23.7 Å². The van der Waals surface area contributed by atoms with E-state index in [1.807, 2.05) is 32.8 Å². The highest BCUT2D eigenvalue weighted by Gasteiger charge is 2.19. The summed E-state index contributed by atoms with van der Waals surface area (Å²) in [6.45, 7) is 5.24. The van der Waals surface area contributed by atoms with Crippen molar-refractivity contribution in [3.8, 4) is 0 Å². The molecule has 3 rings (SSSR count). The van der Waals surface area contributed by atoms with Crippen LogP contribution in [0.3, 0.4) is 0 Å². The lowest BCUT2D eigenvalue weighted by molar-refractivity contribution is -0.384. The second-order valence-electron chi connectivity index (χ2n) is 7.40. The smallest absolute Gasteiger partial charge is 0.270 e. The highest BCUT2D eigenvalue weighted by Crippen LogP contribution is 2.32. The normalized spacial score (nSPS) is 11.1. The van der Waals surface area contributed by atoms with Crippen LogP contribution in [0.25, 0.3) is 16.3 Å². The molecule has 0 atom stereocenters. The molecule has 0 fully saturated rings. The maximum Gasteiger partial charge on any atom is 0.270 e. The number of non-ortho nitro benzene ring substituents is 1. The molecule has 1 aromatic heterocycles. The zero-order chi connectivity index (χ0) is 21.8. The number of likely N-dealkylation sites (N-methyl/N-ethyl adjacent to an activating group) is 1. The van der Waals surface area contributed by atoms with Gasteiger partial charge in [0, 0.05) is 31.3 Å². The minimum absolute atomic E-state index is 0. The molecule has 0 aliphatic heterocycles. The van der Waals surface area contributed by atoms with Crippen molar-refractivity contribution < 1.29 is 9.72 Å². The molecule has 0 aliphatic carbocycles. The lowest BCUT2D eigenvalue weighted by Crippen LogP contribution is -2.35. The summed E-state index contributed by atoms with van der Waals surface area (Å²) < 4.78 is 1.05. The van der Waals surface area contributed by atoms with Gasteiger partial charge in [0.25, 0.3) is 11.6 Å². The lowest BCUT2D eigenvalue weighted by atomic mass is 10.1. The lowest BCUT2D eigenvalue weighted by Gasteiger charge is -2.20. The molecular formula is C22H25ClN4O3S. The highest BCUT2D eigenvalue weighted by molar-refractivity contribution is 7.22. The van der Waals surface area contributed by atoms with Crippen molar-refractivity contribution in [2.45, 2.75) is 13.8 Å². The van der Waals surface area contributed by atoms with Crippen molar-refractivity contribution in [1.82, 2.24) is 9.88 Å². The number of carbonyl (C=O) groups is 1. The first-order valence-corrected chi connectivity index (χ1v) is 10.3. The van der Waals surface area contributed by atoms with Gasteiger partial charge in [0.2, 0.25) is 0 Å². The molecule has 0 N–H and O–H groups in total. The van der Waals surface area contributed by atoms with Gasteiger partial charge in [0.15, 0.2) is 5.13 Å². The van der Waals surface area contributed by atoms with E-state index in [0.29, 0.717) is 23.8 Å². The van der Waals surface area contributed by atoms with Crippen LogP contribution in [0.1, 0.15) is 16.7 Å². The molecule has 1 amide bonds. The molecule has 2 aromatic carbocycles. The number of amides is 1. The molecule has 0 unspecified atom stereocenters. The summed E-state index contributed by atoms with van der Waals surface area (Å²) in [7, 11) is 3.90. The predicted octanol–water partition coefficient (Wildman–Crippen LogP) is 4.85. The fourth-order valence-corrected chi connectivity index (χ4v) is 4.25. The van der Waals surface area contributed by atoms with Gasteiger partial charge in [0.05, 0.1) is 15.1 Å². The van der Waals surface area contributed by atoms with Crippen LogP contribution in [0.4, 0.5) is 10.8 Å². The van der Waals surface area contributed by atoms with Gasteiger partial charge in [0.1, 0.15) is 0 Å². The Labute approximate surface area is 191 Å². The number of nitrogens with zero attached hydrogens (tertiary/aromatic N) is 4. The molecule has 1 heterocycles. The third-order valence-corrected chi connectivity index (χ3v) is 5.61. The monoisotopic (exact) mass is 460 g/mol. The molecule has 9 heteroatoms. The Morgan fingerprint density at radius 3 is 2.61 bits per heavy atom. The van der Waals surface area contributed by atoms with Gasteiger partial charge in [-0.15, -0.1) is 12.4 Å². The van der Waals surface area contributed by atoms with Crippen LogP contribution in [0.2, 0.25) is 0 Å². The number of aromatic nitrogens is 1. The largest absolute Gasteiger partial charge is 0.308 e. The van der Waals surface area contributed by atoms with Crippen LogP contribution in [-0.2, 0) is 4.79 Å². The van der Waals surface area contributed by atoms with E-state index >= 15 is 0 Å². The Morgan fingerprint density at radius 1 is 1.19 bits per heavy atom. The molecule has 0 saturated carbocycles. The van der Waals surface area contributed by atoms with Crippen LogP contribution in [0.15, 0.2) is 42.5 Å². The third kappa shape index (κ3) is 6.10. The summed E-state index contributed by atoms with van der Waals surface area (Å²) in [5, 5.41) is 11.6. The van der Waals surface area contributed by atoms with Gasteiger partial charge >= 0.3 is 0 Å². The molecule has 7 nitrogen and oxygen atoms in total. The van der Waals surface area contributed by atoms with E-state index in [0.717, 1.165) is 21.3 Å². The molecule has 3 aromatic rings. The van der Waals surface area contributed by atoms with Crippen LogP contribution < -0.4 is 4.90 Å². The quantitative estimate of drug-likeness (QED) is 0.286. The number of carbonyl (C=O) groups excluding carboxylic acids is 1. The van der Waals surface area contributed by atoms with E-state index in [1.165, 1.54) is 29.5 Å². The number of aryl methyl sites for hydroxylation is 2. The number of benzene rings is 2. The van der Waals surface area contributed by atoms with Crippen LogP contribution in [-0.4, -0.2) is 47.9 Å². The van der Waals surface area contributed by atoms with Crippen molar-refractivity contribution in [1.29, 1.82) is 0 Å². The Balaban J connectivity index is 0.00000341. The van der Waals surface area contributed by atoms with E-state index in [9.17, 15) is 14.9 Å². The molecule has 0 saturated heterocycles. The average Bonchev–Trinajstić information content (AvgIpc) is 3.10. The van der Waals surface area contributed by atoms with Gasteiger partial charge in [-0.05, 0) is 56.8 Å². The number of nitro benzene ring substituents is 1. The van der Waals surface area contributed by atoms with Crippen LogP contribution in [0, 0.1) is 24.0 Å². The van der Waals surface area contributed by atoms with Gasteiger partial charge in [-0.1, -0.05) is 29.5 Å². The van der Waals surface area contributed by atoms with Crippen molar-refractivity contribution in [2.24, 2.45) is 0 Å². The minimum atomic E-state index is -0.450. The molecule has 0 bridgehead atoms. The van der Waals surface area contributed by atoms with Crippen molar-refractivity contribution in [3.05, 3.63) is 69.3 Å². The zero-order valence-corrected chi connectivity index (χ0v) is 19.5. The van der Waals surface area contributed by atoms with Gasteiger partial charge < -0.3 is 4.90 Å². The van der Waals surface area contributed by atoms with E-state index in [2.05, 4.69) is 12.1 Å². The maximum atomic E-state index is 13.0.